The molecule has 0 saturated heterocycles. The molecule has 2 aromatic heterocycles. The third-order valence-electron chi connectivity index (χ3n) is 3.71. The topological polar surface area (TPSA) is 77.9 Å². The lowest BCUT2D eigenvalue weighted by Gasteiger charge is -2.17. The molecule has 3 rings (SSSR count). The number of ketones is 1. The van der Waals surface area contributed by atoms with Crippen LogP contribution in [0.5, 0.6) is 5.75 Å². The van der Waals surface area contributed by atoms with Crippen LogP contribution < -0.4 is 4.74 Å². The molecule has 0 fully saturated rings. The third-order valence-corrected chi connectivity index (χ3v) is 3.95. The van der Waals surface area contributed by atoms with Crippen LogP contribution in [0.15, 0.2) is 42.9 Å². The van der Waals surface area contributed by atoms with Crippen molar-refractivity contribution in [2.24, 2.45) is 0 Å². The van der Waals surface area contributed by atoms with Crippen LogP contribution in [0.1, 0.15) is 38.1 Å². The van der Waals surface area contributed by atoms with Crippen LogP contribution in [0.25, 0.3) is 10.9 Å². The summed E-state index contributed by atoms with van der Waals surface area (Å²) in [6.07, 6.45) is 5.77. The van der Waals surface area contributed by atoms with Gasteiger partial charge in [-0.1, -0.05) is 24.9 Å². The second kappa shape index (κ2) is 7.98. The van der Waals surface area contributed by atoms with Crippen molar-refractivity contribution in [1.82, 2.24) is 20.2 Å². The number of nitrogens with zero attached hydrogens (tertiary/aromatic N) is 4. The Morgan fingerprint density at radius 1 is 1.20 bits per heavy atom. The van der Waals surface area contributed by atoms with Gasteiger partial charge in [0.15, 0.2) is 11.6 Å². The molecule has 0 radical (unpaired) electrons. The maximum absolute atomic E-state index is 12.6. The van der Waals surface area contributed by atoms with E-state index in [-0.39, 0.29) is 11.6 Å². The number of fused-ring (bicyclic) bond motifs is 1. The fourth-order valence-electron chi connectivity index (χ4n) is 2.45. The summed E-state index contributed by atoms with van der Waals surface area (Å²) in [6.45, 7) is 2.03. The number of halogens is 1. The van der Waals surface area contributed by atoms with Crippen LogP contribution in [0.2, 0.25) is 5.02 Å². The van der Waals surface area contributed by atoms with E-state index in [1.165, 1.54) is 12.4 Å². The molecule has 6 nitrogen and oxygen atoms in total. The summed E-state index contributed by atoms with van der Waals surface area (Å²) in [5.41, 5.74) is 0.692. The minimum atomic E-state index is -0.901. The standard InChI is InChI=1S/C18H17ClN4O2/c1-2-3-4-15(24)17(18-21-9-10-22-23-18)25-16-7-8-20-14-11-12(19)5-6-13(14)16/h5-11,17H,2-4H2,1H3. The predicted molar refractivity (Wildman–Crippen MR) is 94.5 cm³/mol. The Bertz CT molecular complexity index is 873. The Kier molecular flexibility index (Phi) is 5.50. The zero-order chi connectivity index (χ0) is 17.6. The predicted octanol–water partition coefficient (Wildman–Crippen LogP) is 3.95. The highest BCUT2D eigenvalue weighted by molar-refractivity contribution is 6.31. The molecule has 0 amide bonds. The SMILES string of the molecule is CCCCC(=O)C(Oc1ccnc2cc(Cl)ccc12)c1nccnn1. The molecule has 2 heterocycles. The van der Waals surface area contributed by atoms with Crippen molar-refractivity contribution in [3.8, 4) is 5.75 Å². The molecule has 1 atom stereocenters. The van der Waals surface area contributed by atoms with E-state index < -0.39 is 6.10 Å². The number of benzene rings is 1. The Hall–Kier alpha value is -2.60. The van der Waals surface area contributed by atoms with Crippen molar-refractivity contribution >= 4 is 28.3 Å². The van der Waals surface area contributed by atoms with Crippen LogP contribution in [0.4, 0.5) is 0 Å². The summed E-state index contributed by atoms with van der Waals surface area (Å²) in [6, 6.07) is 7.04. The Morgan fingerprint density at radius 2 is 2.08 bits per heavy atom. The average Bonchev–Trinajstić information content (AvgIpc) is 2.64. The summed E-state index contributed by atoms with van der Waals surface area (Å²) < 4.78 is 6.01. The number of unbranched alkanes of at least 4 members (excludes halogenated alkanes) is 1. The maximum atomic E-state index is 12.6. The van der Waals surface area contributed by atoms with Gasteiger partial charge in [0, 0.05) is 29.2 Å². The Balaban J connectivity index is 1.96. The Morgan fingerprint density at radius 3 is 2.84 bits per heavy atom. The van der Waals surface area contributed by atoms with Crippen LogP contribution in [0.3, 0.4) is 0 Å². The van der Waals surface area contributed by atoms with Crippen molar-refractivity contribution < 1.29 is 9.53 Å². The highest BCUT2D eigenvalue weighted by Crippen LogP contribution is 2.30. The zero-order valence-corrected chi connectivity index (χ0v) is 14.5. The molecule has 0 aliphatic carbocycles. The minimum absolute atomic E-state index is 0.0752. The first kappa shape index (κ1) is 17.2. The van der Waals surface area contributed by atoms with E-state index in [0.29, 0.717) is 22.7 Å². The van der Waals surface area contributed by atoms with Gasteiger partial charge in [-0.2, -0.15) is 5.10 Å². The number of ether oxygens (including phenoxy) is 1. The fraction of sp³-hybridized carbons (Fsp3) is 0.278. The number of Topliss-reactive ketones (excluding diaryl/α,β-unsaturated/α-hetero) is 1. The fourth-order valence-corrected chi connectivity index (χ4v) is 2.61. The summed E-state index contributed by atoms with van der Waals surface area (Å²) in [7, 11) is 0. The van der Waals surface area contributed by atoms with E-state index in [2.05, 4.69) is 20.2 Å². The maximum Gasteiger partial charge on any atom is 0.217 e. The van der Waals surface area contributed by atoms with Crippen molar-refractivity contribution in [3.63, 3.8) is 0 Å². The smallest absolute Gasteiger partial charge is 0.217 e. The Labute approximate surface area is 150 Å². The van der Waals surface area contributed by atoms with E-state index in [0.717, 1.165) is 18.2 Å². The van der Waals surface area contributed by atoms with Crippen molar-refractivity contribution in [1.29, 1.82) is 0 Å². The number of carbonyl (C=O) groups excluding carboxylic acids is 1. The van der Waals surface area contributed by atoms with Gasteiger partial charge in [-0.15, -0.1) is 5.10 Å². The molecular weight excluding hydrogens is 340 g/mol. The van der Waals surface area contributed by atoms with Crippen molar-refractivity contribution in [2.75, 3.05) is 0 Å². The van der Waals surface area contributed by atoms with Gasteiger partial charge in [-0.25, -0.2) is 4.98 Å². The van der Waals surface area contributed by atoms with E-state index in [1.54, 1.807) is 24.4 Å². The van der Waals surface area contributed by atoms with Gasteiger partial charge in [-0.05, 0) is 30.7 Å². The number of pyridine rings is 1. The number of rotatable bonds is 7. The van der Waals surface area contributed by atoms with Crippen LogP contribution >= 0.6 is 11.6 Å². The number of aromatic nitrogens is 4. The molecular formula is C18H17ClN4O2. The van der Waals surface area contributed by atoms with Gasteiger partial charge in [-0.3, -0.25) is 9.78 Å². The lowest BCUT2D eigenvalue weighted by atomic mass is 10.1. The normalized spacial score (nSPS) is 12.1. The van der Waals surface area contributed by atoms with E-state index in [9.17, 15) is 4.79 Å². The molecule has 0 bridgehead atoms. The molecule has 7 heteroatoms. The third kappa shape index (κ3) is 4.09. The lowest BCUT2D eigenvalue weighted by molar-refractivity contribution is -0.126. The number of carbonyl (C=O) groups is 1. The summed E-state index contributed by atoms with van der Waals surface area (Å²) in [4.78, 5) is 21.1. The molecule has 0 spiro atoms. The van der Waals surface area contributed by atoms with Gasteiger partial charge in [0.05, 0.1) is 11.7 Å². The molecule has 3 aromatic rings. The van der Waals surface area contributed by atoms with E-state index in [4.69, 9.17) is 16.3 Å². The summed E-state index contributed by atoms with van der Waals surface area (Å²) in [5, 5.41) is 9.12. The molecule has 0 N–H and O–H groups in total. The quantitative estimate of drug-likeness (QED) is 0.637. The molecule has 0 aliphatic rings. The number of hydrogen-bond donors (Lipinski definition) is 0. The zero-order valence-electron chi connectivity index (χ0n) is 13.7. The second-order valence-electron chi connectivity index (χ2n) is 5.54. The second-order valence-corrected chi connectivity index (χ2v) is 5.98. The number of hydrogen-bond acceptors (Lipinski definition) is 6. The van der Waals surface area contributed by atoms with Crippen LogP contribution in [-0.4, -0.2) is 25.9 Å². The van der Waals surface area contributed by atoms with Crippen molar-refractivity contribution in [2.45, 2.75) is 32.3 Å². The first-order valence-corrected chi connectivity index (χ1v) is 8.44. The molecule has 1 aromatic carbocycles. The van der Waals surface area contributed by atoms with E-state index >= 15 is 0 Å². The van der Waals surface area contributed by atoms with Gasteiger partial charge in [0.25, 0.3) is 0 Å². The monoisotopic (exact) mass is 356 g/mol. The molecule has 0 saturated carbocycles. The van der Waals surface area contributed by atoms with Crippen LogP contribution in [-0.2, 0) is 4.79 Å². The molecule has 0 aliphatic heterocycles. The van der Waals surface area contributed by atoms with Gasteiger partial charge in [0.2, 0.25) is 6.10 Å². The highest BCUT2D eigenvalue weighted by Gasteiger charge is 2.26. The van der Waals surface area contributed by atoms with Gasteiger partial charge < -0.3 is 4.74 Å². The first-order chi connectivity index (χ1) is 12.2. The minimum Gasteiger partial charge on any atom is -0.474 e. The van der Waals surface area contributed by atoms with Gasteiger partial charge >= 0.3 is 0 Å². The molecule has 25 heavy (non-hydrogen) atoms. The molecule has 1 unspecified atom stereocenters. The summed E-state index contributed by atoms with van der Waals surface area (Å²) >= 11 is 6.02. The van der Waals surface area contributed by atoms with Gasteiger partial charge in [0.1, 0.15) is 5.75 Å². The van der Waals surface area contributed by atoms with Crippen molar-refractivity contribution in [3.05, 3.63) is 53.7 Å². The van der Waals surface area contributed by atoms with Crippen LogP contribution in [0, 0.1) is 0 Å². The largest absolute Gasteiger partial charge is 0.474 e. The van der Waals surface area contributed by atoms with E-state index in [1.807, 2.05) is 13.0 Å². The first-order valence-electron chi connectivity index (χ1n) is 8.06. The summed E-state index contributed by atoms with van der Waals surface area (Å²) in [5.74, 6) is 0.709. The molecule has 128 valence electrons. The lowest BCUT2D eigenvalue weighted by Crippen LogP contribution is -2.21. The highest BCUT2D eigenvalue weighted by atomic mass is 35.5. The average molecular weight is 357 g/mol.